The van der Waals surface area contributed by atoms with Crippen LogP contribution >= 0.6 is 0 Å². The Labute approximate surface area is 158 Å². The van der Waals surface area contributed by atoms with Crippen molar-refractivity contribution in [2.45, 2.75) is 19.8 Å². The summed E-state index contributed by atoms with van der Waals surface area (Å²) in [4.78, 5) is 17.3. The van der Waals surface area contributed by atoms with Crippen LogP contribution < -0.4 is 9.47 Å². The zero-order chi connectivity index (χ0) is 18.2. The van der Waals surface area contributed by atoms with Crippen LogP contribution in [0.2, 0.25) is 0 Å². The first-order chi connectivity index (χ1) is 13.3. The van der Waals surface area contributed by atoms with E-state index in [1.807, 2.05) is 35.2 Å². The number of carbonyl (C=O) groups excluding carboxylic acids is 1. The summed E-state index contributed by atoms with van der Waals surface area (Å²) in [7, 11) is 0. The monoisotopic (exact) mass is 366 g/mol. The van der Waals surface area contributed by atoms with Gasteiger partial charge >= 0.3 is 0 Å². The van der Waals surface area contributed by atoms with Crippen LogP contribution in [0.15, 0.2) is 36.4 Å². The first kappa shape index (κ1) is 16.6. The number of benzene rings is 2. The van der Waals surface area contributed by atoms with Crippen molar-refractivity contribution in [2.75, 3.05) is 33.0 Å². The Balaban J connectivity index is 1.22. The van der Waals surface area contributed by atoms with Gasteiger partial charge in [-0.3, -0.25) is 9.69 Å². The van der Waals surface area contributed by atoms with Crippen molar-refractivity contribution in [1.29, 1.82) is 0 Å². The second-order valence-corrected chi connectivity index (χ2v) is 7.19. The molecule has 6 nitrogen and oxygen atoms in total. The highest BCUT2D eigenvalue weighted by Gasteiger charge is 2.26. The van der Waals surface area contributed by atoms with E-state index in [1.54, 1.807) is 0 Å². The molecule has 0 spiro atoms. The highest BCUT2D eigenvalue weighted by Crippen LogP contribution is 2.33. The molecule has 27 heavy (non-hydrogen) atoms. The van der Waals surface area contributed by atoms with E-state index in [-0.39, 0.29) is 5.91 Å². The highest BCUT2D eigenvalue weighted by molar-refractivity contribution is 5.96. The zero-order valence-corrected chi connectivity index (χ0v) is 15.1. The van der Waals surface area contributed by atoms with Gasteiger partial charge in [0.05, 0.1) is 13.2 Å². The standard InChI is InChI=1S/C21H22N2O4/c24-21(17-3-1-2-16-12-25-13-18(16)17)23-8-6-22(7-9-23)11-15-4-5-19-20(10-15)27-14-26-19/h1-5,10H,6-9,11-14H2. The number of rotatable bonds is 3. The number of hydrogen-bond donors (Lipinski definition) is 0. The lowest BCUT2D eigenvalue weighted by molar-refractivity contribution is 0.0624. The average Bonchev–Trinajstić information content (AvgIpc) is 3.36. The number of carbonyl (C=O) groups is 1. The van der Waals surface area contributed by atoms with Crippen LogP contribution in [0.4, 0.5) is 0 Å². The van der Waals surface area contributed by atoms with Gasteiger partial charge in [-0.05, 0) is 34.9 Å². The maximum Gasteiger partial charge on any atom is 0.254 e. The van der Waals surface area contributed by atoms with Crippen molar-refractivity contribution in [3.63, 3.8) is 0 Å². The summed E-state index contributed by atoms with van der Waals surface area (Å²) >= 11 is 0. The van der Waals surface area contributed by atoms with E-state index in [4.69, 9.17) is 14.2 Å². The minimum Gasteiger partial charge on any atom is -0.454 e. The minimum atomic E-state index is 0.125. The Bertz CT molecular complexity index is 874. The number of piperazine rings is 1. The third kappa shape index (κ3) is 3.15. The van der Waals surface area contributed by atoms with Gasteiger partial charge in [0.25, 0.3) is 5.91 Å². The van der Waals surface area contributed by atoms with E-state index in [2.05, 4.69) is 11.0 Å². The minimum absolute atomic E-state index is 0.125. The smallest absolute Gasteiger partial charge is 0.254 e. The fourth-order valence-corrected chi connectivity index (χ4v) is 3.98. The summed E-state index contributed by atoms with van der Waals surface area (Å²) in [6, 6.07) is 12.0. The fraction of sp³-hybridized carbons (Fsp3) is 0.381. The topological polar surface area (TPSA) is 51.2 Å². The largest absolute Gasteiger partial charge is 0.454 e. The molecule has 2 aromatic carbocycles. The van der Waals surface area contributed by atoms with E-state index >= 15 is 0 Å². The number of fused-ring (bicyclic) bond motifs is 2. The van der Waals surface area contributed by atoms with Crippen LogP contribution in [0.25, 0.3) is 0 Å². The summed E-state index contributed by atoms with van der Waals surface area (Å²) in [6.45, 7) is 5.53. The van der Waals surface area contributed by atoms with Crippen LogP contribution in [0.3, 0.4) is 0 Å². The van der Waals surface area contributed by atoms with E-state index in [0.717, 1.165) is 60.9 Å². The average molecular weight is 366 g/mol. The summed E-state index contributed by atoms with van der Waals surface area (Å²) in [5.41, 5.74) is 4.21. The molecule has 6 heteroatoms. The van der Waals surface area contributed by atoms with Gasteiger partial charge in [0.15, 0.2) is 11.5 Å². The number of amides is 1. The lowest BCUT2D eigenvalue weighted by atomic mass is 10.0. The third-order valence-electron chi connectivity index (χ3n) is 5.51. The van der Waals surface area contributed by atoms with Gasteiger partial charge in [-0.2, -0.15) is 0 Å². The van der Waals surface area contributed by atoms with Gasteiger partial charge in [-0.25, -0.2) is 0 Å². The molecule has 3 heterocycles. The highest BCUT2D eigenvalue weighted by atomic mass is 16.7. The third-order valence-corrected chi connectivity index (χ3v) is 5.51. The Hall–Kier alpha value is -2.57. The second kappa shape index (κ2) is 6.87. The molecule has 140 valence electrons. The van der Waals surface area contributed by atoms with Gasteiger partial charge in [0.2, 0.25) is 6.79 Å². The molecule has 0 bridgehead atoms. The van der Waals surface area contributed by atoms with Gasteiger partial charge in [-0.1, -0.05) is 18.2 Å². The van der Waals surface area contributed by atoms with E-state index in [1.165, 1.54) is 5.56 Å². The molecular weight excluding hydrogens is 344 g/mol. The number of nitrogens with zero attached hydrogens (tertiary/aromatic N) is 2. The molecule has 0 saturated carbocycles. The van der Waals surface area contributed by atoms with Gasteiger partial charge in [-0.15, -0.1) is 0 Å². The van der Waals surface area contributed by atoms with Crippen molar-refractivity contribution in [3.05, 3.63) is 58.7 Å². The molecule has 0 aliphatic carbocycles. The Kier molecular flexibility index (Phi) is 4.22. The summed E-state index contributed by atoms with van der Waals surface area (Å²) in [6.07, 6.45) is 0. The summed E-state index contributed by atoms with van der Waals surface area (Å²) in [5, 5.41) is 0. The molecule has 3 aliphatic rings. The molecule has 1 fully saturated rings. The van der Waals surface area contributed by atoms with E-state index < -0.39 is 0 Å². The second-order valence-electron chi connectivity index (χ2n) is 7.19. The predicted octanol–water partition coefficient (Wildman–Crippen LogP) is 2.40. The van der Waals surface area contributed by atoms with Gasteiger partial charge in [0.1, 0.15) is 0 Å². The van der Waals surface area contributed by atoms with E-state index in [9.17, 15) is 4.79 Å². The van der Waals surface area contributed by atoms with Crippen LogP contribution in [-0.2, 0) is 24.5 Å². The van der Waals surface area contributed by atoms with Gasteiger partial charge in [0, 0.05) is 38.3 Å². The van der Waals surface area contributed by atoms with Crippen LogP contribution in [0.5, 0.6) is 11.5 Å². The number of hydrogen-bond acceptors (Lipinski definition) is 5. The first-order valence-corrected chi connectivity index (χ1v) is 9.36. The van der Waals surface area contributed by atoms with Crippen LogP contribution in [0.1, 0.15) is 27.0 Å². The van der Waals surface area contributed by atoms with Crippen molar-refractivity contribution >= 4 is 5.91 Å². The van der Waals surface area contributed by atoms with E-state index in [0.29, 0.717) is 20.0 Å². The van der Waals surface area contributed by atoms with Crippen molar-refractivity contribution in [2.24, 2.45) is 0 Å². The molecule has 0 radical (unpaired) electrons. The molecule has 5 rings (SSSR count). The molecule has 0 atom stereocenters. The summed E-state index contributed by atoms with van der Waals surface area (Å²) in [5.74, 6) is 1.76. The van der Waals surface area contributed by atoms with Crippen LogP contribution in [0, 0.1) is 0 Å². The fourth-order valence-electron chi connectivity index (χ4n) is 3.98. The van der Waals surface area contributed by atoms with Gasteiger partial charge < -0.3 is 19.1 Å². The lowest BCUT2D eigenvalue weighted by Gasteiger charge is -2.35. The molecule has 1 saturated heterocycles. The number of ether oxygens (including phenoxy) is 3. The van der Waals surface area contributed by atoms with Crippen molar-refractivity contribution in [3.8, 4) is 11.5 Å². The molecule has 0 aromatic heterocycles. The first-order valence-electron chi connectivity index (χ1n) is 9.36. The Morgan fingerprint density at radius 1 is 0.963 bits per heavy atom. The molecule has 1 amide bonds. The maximum absolute atomic E-state index is 13.0. The Morgan fingerprint density at radius 3 is 2.70 bits per heavy atom. The zero-order valence-electron chi connectivity index (χ0n) is 15.1. The summed E-state index contributed by atoms with van der Waals surface area (Å²) < 4.78 is 16.3. The molecular formula is C21H22N2O4. The molecule has 3 aliphatic heterocycles. The Morgan fingerprint density at radius 2 is 1.81 bits per heavy atom. The molecule has 0 unspecified atom stereocenters. The predicted molar refractivity (Wildman–Crippen MR) is 98.7 cm³/mol. The van der Waals surface area contributed by atoms with Crippen molar-refractivity contribution in [1.82, 2.24) is 9.80 Å². The molecule has 2 aromatic rings. The normalized spacial score (nSPS) is 18.6. The lowest BCUT2D eigenvalue weighted by Crippen LogP contribution is -2.48. The maximum atomic E-state index is 13.0. The van der Waals surface area contributed by atoms with Crippen LogP contribution in [-0.4, -0.2) is 48.7 Å². The quantitative estimate of drug-likeness (QED) is 0.835. The van der Waals surface area contributed by atoms with Crippen molar-refractivity contribution < 1.29 is 19.0 Å². The molecule has 0 N–H and O–H groups in total. The SMILES string of the molecule is O=C(c1cccc2c1COC2)N1CCN(Cc2ccc3c(c2)OCO3)CC1.